The van der Waals surface area contributed by atoms with Gasteiger partial charge < -0.3 is 21.1 Å². The van der Waals surface area contributed by atoms with E-state index in [2.05, 4.69) is 15.3 Å². The normalized spacial score (nSPS) is 19.8. The number of benzene rings is 1. The lowest BCUT2D eigenvalue weighted by Gasteiger charge is -2.26. The number of imidazole rings is 1. The summed E-state index contributed by atoms with van der Waals surface area (Å²) < 4.78 is 1.76. The number of carbonyl (C=O) groups is 1. The van der Waals surface area contributed by atoms with Crippen LogP contribution in [0.3, 0.4) is 0 Å². The number of nitrogens with zero attached hydrogens (tertiary/aromatic N) is 2. The van der Waals surface area contributed by atoms with Crippen LogP contribution in [0.5, 0.6) is 0 Å². The van der Waals surface area contributed by atoms with Crippen LogP contribution < -0.4 is 16.7 Å². The second kappa shape index (κ2) is 7.76. The number of rotatable bonds is 5. The molecular formula is C19H23N5O3S. The van der Waals surface area contributed by atoms with Gasteiger partial charge in [-0.1, -0.05) is 0 Å². The first-order valence-corrected chi connectivity index (χ1v) is 10.3. The molecule has 8 nitrogen and oxygen atoms in total. The second-order valence-electron chi connectivity index (χ2n) is 7.18. The number of aliphatic hydroxyl groups is 1. The van der Waals surface area contributed by atoms with Gasteiger partial charge in [0.05, 0.1) is 22.8 Å². The molecule has 5 N–H and O–H groups in total. The highest BCUT2D eigenvalue weighted by Gasteiger charge is 2.24. The smallest absolute Gasteiger partial charge is 0.326 e. The number of amides is 1. The Bertz CT molecular complexity index is 1050. The first kappa shape index (κ1) is 18.7. The van der Waals surface area contributed by atoms with E-state index in [0.717, 1.165) is 24.1 Å². The van der Waals surface area contributed by atoms with Gasteiger partial charge >= 0.3 is 5.69 Å². The predicted octanol–water partition coefficient (Wildman–Crippen LogP) is 1.82. The fourth-order valence-corrected chi connectivity index (χ4v) is 4.39. The highest BCUT2D eigenvalue weighted by molar-refractivity contribution is 7.13. The minimum absolute atomic E-state index is 0.0786. The molecule has 0 aliphatic heterocycles. The summed E-state index contributed by atoms with van der Waals surface area (Å²) >= 11 is 1.38. The van der Waals surface area contributed by atoms with Crippen molar-refractivity contribution in [1.29, 1.82) is 0 Å². The van der Waals surface area contributed by atoms with Crippen LogP contribution in [0.4, 0.5) is 5.13 Å². The molecular weight excluding hydrogens is 378 g/mol. The molecule has 9 heteroatoms. The number of hydrogen-bond acceptors (Lipinski definition) is 6. The van der Waals surface area contributed by atoms with E-state index in [1.54, 1.807) is 16.7 Å². The standard InChI is InChI=1S/C19H23N5O3S/c20-18-22-12(10-28-18)7-8-21-17(26)11-1-6-16-15(9-11)23-19(27)24(16)13-2-4-14(25)5-3-13/h1,6,9-10,13-14,25H,2-5,7-8H2,(H2,20,22)(H,21,26)(H,23,27). The van der Waals surface area contributed by atoms with Crippen molar-refractivity contribution >= 4 is 33.4 Å². The molecule has 4 rings (SSSR count). The molecule has 148 valence electrons. The molecule has 0 bridgehead atoms. The number of aromatic nitrogens is 3. The number of carbonyl (C=O) groups excluding carboxylic acids is 1. The molecule has 1 saturated carbocycles. The zero-order valence-corrected chi connectivity index (χ0v) is 16.2. The average molecular weight is 401 g/mol. The van der Waals surface area contributed by atoms with Gasteiger partial charge in [-0.05, 0) is 43.9 Å². The lowest BCUT2D eigenvalue weighted by atomic mass is 9.93. The fourth-order valence-electron chi connectivity index (χ4n) is 3.79. The third-order valence-corrected chi connectivity index (χ3v) is 5.97. The molecule has 3 aromatic rings. The van der Waals surface area contributed by atoms with Crippen molar-refractivity contribution in [1.82, 2.24) is 19.9 Å². The summed E-state index contributed by atoms with van der Waals surface area (Å²) in [5.74, 6) is -0.195. The Hall–Kier alpha value is -2.65. The van der Waals surface area contributed by atoms with Crippen molar-refractivity contribution in [2.24, 2.45) is 0 Å². The van der Waals surface area contributed by atoms with Crippen molar-refractivity contribution in [2.75, 3.05) is 12.3 Å². The van der Waals surface area contributed by atoms with Gasteiger partial charge in [0.25, 0.3) is 5.91 Å². The van der Waals surface area contributed by atoms with Crippen LogP contribution in [0.1, 0.15) is 47.8 Å². The number of aliphatic hydroxyl groups excluding tert-OH is 1. The molecule has 0 radical (unpaired) electrons. The van der Waals surface area contributed by atoms with E-state index in [4.69, 9.17) is 5.73 Å². The summed E-state index contributed by atoms with van der Waals surface area (Å²) in [6, 6.07) is 5.34. The summed E-state index contributed by atoms with van der Waals surface area (Å²) in [5.41, 5.74) is 8.23. The zero-order chi connectivity index (χ0) is 19.7. The summed E-state index contributed by atoms with van der Waals surface area (Å²) in [5, 5.41) is 15.0. The number of thiazole rings is 1. The van der Waals surface area contributed by atoms with Crippen LogP contribution in [0.2, 0.25) is 0 Å². The van der Waals surface area contributed by atoms with E-state index in [-0.39, 0.29) is 23.7 Å². The van der Waals surface area contributed by atoms with Crippen LogP contribution in [-0.4, -0.2) is 38.2 Å². The molecule has 0 saturated heterocycles. The molecule has 1 aliphatic rings. The van der Waals surface area contributed by atoms with Gasteiger partial charge in [0.2, 0.25) is 0 Å². The Morgan fingerprint density at radius 2 is 2.14 bits per heavy atom. The van der Waals surface area contributed by atoms with Gasteiger partial charge in [0.15, 0.2) is 5.13 Å². The lowest BCUT2D eigenvalue weighted by Crippen LogP contribution is -2.27. The quantitative estimate of drug-likeness (QED) is 0.519. The summed E-state index contributed by atoms with van der Waals surface area (Å²) in [4.78, 5) is 31.9. The van der Waals surface area contributed by atoms with Gasteiger partial charge in [-0.2, -0.15) is 0 Å². The molecule has 0 spiro atoms. The minimum Gasteiger partial charge on any atom is -0.393 e. The van der Waals surface area contributed by atoms with E-state index < -0.39 is 0 Å². The Morgan fingerprint density at radius 3 is 2.86 bits per heavy atom. The highest BCUT2D eigenvalue weighted by Crippen LogP contribution is 2.29. The molecule has 2 heterocycles. The van der Waals surface area contributed by atoms with E-state index in [0.29, 0.717) is 42.0 Å². The van der Waals surface area contributed by atoms with E-state index in [1.807, 2.05) is 11.4 Å². The summed E-state index contributed by atoms with van der Waals surface area (Å²) in [6.07, 6.45) is 3.30. The van der Waals surface area contributed by atoms with E-state index in [1.165, 1.54) is 11.3 Å². The second-order valence-corrected chi connectivity index (χ2v) is 8.07. The number of H-pyrrole nitrogens is 1. The maximum atomic E-state index is 12.5. The number of nitrogen functional groups attached to an aromatic ring is 1. The lowest BCUT2D eigenvalue weighted by molar-refractivity contribution is 0.0954. The molecule has 28 heavy (non-hydrogen) atoms. The van der Waals surface area contributed by atoms with Crippen molar-refractivity contribution in [3.63, 3.8) is 0 Å². The molecule has 1 aromatic carbocycles. The summed E-state index contributed by atoms with van der Waals surface area (Å²) in [6.45, 7) is 0.460. The summed E-state index contributed by atoms with van der Waals surface area (Å²) in [7, 11) is 0. The van der Waals surface area contributed by atoms with Crippen LogP contribution in [0.25, 0.3) is 11.0 Å². The molecule has 1 fully saturated rings. The van der Waals surface area contributed by atoms with E-state index >= 15 is 0 Å². The van der Waals surface area contributed by atoms with Crippen LogP contribution >= 0.6 is 11.3 Å². The van der Waals surface area contributed by atoms with Crippen LogP contribution in [0.15, 0.2) is 28.4 Å². The molecule has 0 atom stereocenters. The first-order valence-electron chi connectivity index (χ1n) is 9.41. The average Bonchev–Trinajstić information content (AvgIpc) is 3.24. The van der Waals surface area contributed by atoms with Crippen molar-refractivity contribution < 1.29 is 9.90 Å². The number of nitrogens with one attached hydrogen (secondary N) is 2. The Kier molecular flexibility index (Phi) is 5.19. The largest absolute Gasteiger partial charge is 0.393 e. The maximum Gasteiger partial charge on any atom is 0.326 e. The third-order valence-electron chi connectivity index (χ3n) is 5.25. The fraction of sp³-hybridized carbons (Fsp3) is 0.421. The third kappa shape index (κ3) is 3.81. The van der Waals surface area contributed by atoms with E-state index in [9.17, 15) is 14.7 Å². The SMILES string of the molecule is Nc1nc(CCNC(=O)c2ccc3c(c2)[nH]c(=O)n3C2CCC(O)CC2)cs1. The molecule has 2 aromatic heterocycles. The predicted molar refractivity (Wildman–Crippen MR) is 109 cm³/mol. The Balaban J connectivity index is 1.47. The maximum absolute atomic E-state index is 12.5. The molecule has 0 unspecified atom stereocenters. The first-order chi connectivity index (χ1) is 13.5. The number of hydrogen-bond donors (Lipinski definition) is 4. The zero-order valence-electron chi connectivity index (χ0n) is 15.4. The van der Waals surface area contributed by atoms with Crippen molar-refractivity contribution in [3.8, 4) is 0 Å². The Labute approximate surface area is 165 Å². The van der Waals surface area contributed by atoms with Gasteiger partial charge in [-0.25, -0.2) is 9.78 Å². The van der Waals surface area contributed by atoms with Gasteiger partial charge in [-0.15, -0.1) is 11.3 Å². The van der Waals surface area contributed by atoms with Crippen molar-refractivity contribution in [3.05, 3.63) is 45.3 Å². The molecule has 1 aliphatic carbocycles. The number of aromatic amines is 1. The minimum atomic E-state index is -0.270. The highest BCUT2D eigenvalue weighted by atomic mass is 32.1. The number of anilines is 1. The van der Waals surface area contributed by atoms with Gasteiger partial charge in [0.1, 0.15) is 0 Å². The van der Waals surface area contributed by atoms with Crippen LogP contribution in [-0.2, 0) is 6.42 Å². The number of nitrogens with two attached hydrogens (primary N) is 1. The van der Waals surface area contributed by atoms with Gasteiger partial charge in [0, 0.05) is 30.0 Å². The Morgan fingerprint density at radius 1 is 1.36 bits per heavy atom. The van der Waals surface area contributed by atoms with Gasteiger partial charge in [-0.3, -0.25) is 9.36 Å². The number of fused-ring (bicyclic) bond motifs is 1. The van der Waals surface area contributed by atoms with Crippen LogP contribution in [0, 0.1) is 0 Å². The molecule has 1 amide bonds. The van der Waals surface area contributed by atoms with Crippen molar-refractivity contribution in [2.45, 2.75) is 44.2 Å². The topological polar surface area (TPSA) is 126 Å². The monoisotopic (exact) mass is 401 g/mol.